The minimum Gasteiger partial charge on any atom is -0.340 e. The Bertz CT molecular complexity index is 760. The summed E-state index contributed by atoms with van der Waals surface area (Å²) in [6.45, 7) is 8.56. The summed E-state index contributed by atoms with van der Waals surface area (Å²) in [6, 6.07) is 5.45. The van der Waals surface area contributed by atoms with E-state index in [9.17, 15) is 4.79 Å². The quantitative estimate of drug-likeness (QED) is 0.806. The van der Waals surface area contributed by atoms with Crippen molar-refractivity contribution in [3.63, 3.8) is 0 Å². The van der Waals surface area contributed by atoms with Crippen molar-refractivity contribution in [3.8, 4) is 5.82 Å². The maximum atomic E-state index is 12.7. The first kappa shape index (κ1) is 22.4. The molecule has 1 amide bonds. The Kier molecular flexibility index (Phi) is 8.06. The smallest absolute Gasteiger partial charge is 0.273 e. The summed E-state index contributed by atoms with van der Waals surface area (Å²) in [5.41, 5.74) is 8.13. The molecule has 1 unspecified atom stereocenters. The third kappa shape index (κ3) is 5.19. The first-order valence-corrected chi connectivity index (χ1v) is 8.79. The standard InChI is InChI=1S/C18H26ClN5O.ClH/c1-11(2)15(20)8-9-23(5)18(25)17-14(19)6-7-16(21-17)24-13(4)10-12(3)22-24;/h6-7,10-11,15H,8-9,20H2,1-5H3;1H. The zero-order chi connectivity index (χ0) is 18.7. The molecule has 2 rings (SSSR count). The molecule has 2 aromatic heterocycles. The highest BCUT2D eigenvalue weighted by Gasteiger charge is 2.20. The molecular formula is C18H27Cl2N5O. The molecule has 2 aromatic rings. The first-order valence-electron chi connectivity index (χ1n) is 8.42. The van der Waals surface area contributed by atoms with Crippen molar-refractivity contribution in [3.05, 3.63) is 40.3 Å². The van der Waals surface area contributed by atoms with Crippen LogP contribution in [0.2, 0.25) is 5.02 Å². The molecule has 8 heteroatoms. The monoisotopic (exact) mass is 399 g/mol. The van der Waals surface area contributed by atoms with Crippen LogP contribution in [0.5, 0.6) is 0 Å². The lowest BCUT2D eigenvalue weighted by Crippen LogP contribution is -2.35. The first-order chi connectivity index (χ1) is 11.7. The van der Waals surface area contributed by atoms with Gasteiger partial charge in [0.05, 0.1) is 10.7 Å². The van der Waals surface area contributed by atoms with E-state index in [0.717, 1.165) is 17.8 Å². The number of rotatable bonds is 6. The lowest BCUT2D eigenvalue weighted by atomic mass is 10.0. The summed E-state index contributed by atoms with van der Waals surface area (Å²) >= 11 is 6.22. The number of amides is 1. The Hall–Kier alpha value is -1.63. The number of aryl methyl sites for hydroxylation is 2. The Morgan fingerprint density at radius 3 is 2.54 bits per heavy atom. The van der Waals surface area contributed by atoms with Gasteiger partial charge < -0.3 is 10.6 Å². The number of hydrogen-bond acceptors (Lipinski definition) is 4. The summed E-state index contributed by atoms with van der Waals surface area (Å²) in [5, 5.41) is 4.73. The maximum Gasteiger partial charge on any atom is 0.273 e. The van der Waals surface area contributed by atoms with Crippen LogP contribution < -0.4 is 5.73 Å². The Balaban J connectivity index is 0.00000338. The third-order valence-corrected chi connectivity index (χ3v) is 4.57. The van der Waals surface area contributed by atoms with Crippen molar-refractivity contribution in [2.75, 3.05) is 13.6 Å². The molecule has 0 saturated carbocycles. The van der Waals surface area contributed by atoms with E-state index in [0.29, 0.717) is 23.3 Å². The fourth-order valence-electron chi connectivity index (χ4n) is 2.52. The molecule has 1 atom stereocenters. The molecule has 0 radical (unpaired) electrons. The van der Waals surface area contributed by atoms with Crippen molar-refractivity contribution in [1.29, 1.82) is 0 Å². The second-order valence-electron chi connectivity index (χ2n) is 6.76. The second-order valence-corrected chi connectivity index (χ2v) is 7.17. The van der Waals surface area contributed by atoms with Gasteiger partial charge in [0.2, 0.25) is 0 Å². The highest BCUT2D eigenvalue weighted by atomic mass is 35.5. The lowest BCUT2D eigenvalue weighted by Gasteiger charge is -2.21. The van der Waals surface area contributed by atoms with Gasteiger partial charge in [-0.25, -0.2) is 9.67 Å². The number of halogens is 2. The van der Waals surface area contributed by atoms with Crippen molar-refractivity contribution in [2.24, 2.45) is 11.7 Å². The molecule has 0 bridgehead atoms. The lowest BCUT2D eigenvalue weighted by molar-refractivity contribution is 0.0783. The van der Waals surface area contributed by atoms with Gasteiger partial charge in [0.1, 0.15) is 5.69 Å². The SMILES string of the molecule is Cc1cc(C)n(-c2ccc(Cl)c(C(=O)N(C)CCC(N)C(C)C)n2)n1.Cl. The van der Waals surface area contributed by atoms with Gasteiger partial charge in [-0.2, -0.15) is 5.10 Å². The van der Waals surface area contributed by atoms with Crippen LogP contribution in [0.3, 0.4) is 0 Å². The van der Waals surface area contributed by atoms with E-state index in [-0.39, 0.29) is 30.0 Å². The van der Waals surface area contributed by atoms with Gasteiger partial charge in [-0.3, -0.25) is 4.79 Å². The number of nitrogens with zero attached hydrogens (tertiary/aromatic N) is 4. The number of carbonyl (C=O) groups is 1. The molecule has 144 valence electrons. The van der Waals surface area contributed by atoms with Gasteiger partial charge >= 0.3 is 0 Å². The molecular weight excluding hydrogens is 373 g/mol. The molecule has 6 nitrogen and oxygen atoms in total. The van der Waals surface area contributed by atoms with Crippen molar-refractivity contribution in [2.45, 2.75) is 40.2 Å². The maximum absolute atomic E-state index is 12.7. The van der Waals surface area contributed by atoms with Crippen LogP contribution >= 0.6 is 24.0 Å². The molecule has 0 aromatic carbocycles. The largest absolute Gasteiger partial charge is 0.340 e. The van der Waals surface area contributed by atoms with E-state index in [1.807, 2.05) is 19.9 Å². The van der Waals surface area contributed by atoms with Crippen molar-refractivity contribution >= 4 is 29.9 Å². The van der Waals surface area contributed by atoms with Gasteiger partial charge in [0, 0.05) is 25.3 Å². The number of pyridine rings is 1. The minimum atomic E-state index is -0.218. The van der Waals surface area contributed by atoms with E-state index in [4.69, 9.17) is 17.3 Å². The Labute approximate surface area is 166 Å². The summed E-state index contributed by atoms with van der Waals surface area (Å²) in [6.07, 6.45) is 0.731. The van der Waals surface area contributed by atoms with Crippen molar-refractivity contribution in [1.82, 2.24) is 19.7 Å². The molecule has 26 heavy (non-hydrogen) atoms. The van der Waals surface area contributed by atoms with E-state index in [1.165, 1.54) is 0 Å². The van der Waals surface area contributed by atoms with Crippen LogP contribution in [-0.2, 0) is 0 Å². The molecule has 0 aliphatic rings. The fraction of sp³-hybridized carbons (Fsp3) is 0.500. The zero-order valence-corrected chi connectivity index (χ0v) is 17.4. The summed E-state index contributed by atoms with van der Waals surface area (Å²) in [7, 11) is 1.74. The second kappa shape index (κ2) is 9.35. The van der Waals surface area contributed by atoms with Crippen LogP contribution in [-0.4, -0.2) is 45.2 Å². The molecule has 2 heterocycles. The normalized spacial score (nSPS) is 12.0. The van der Waals surface area contributed by atoms with E-state index >= 15 is 0 Å². The summed E-state index contributed by atoms with van der Waals surface area (Å²) in [5.74, 6) is 0.731. The molecule has 2 N–H and O–H groups in total. The highest BCUT2D eigenvalue weighted by molar-refractivity contribution is 6.33. The topological polar surface area (TPSA) is 77.0 Å². The number of nitrogens with two attached hydrogens (primary N) is 1. The van der Waals surface area contributed by atoms with Gasteiger partial charge in [0.25, 0.3) is 5.91 Å². The average molecular weight is 400 g/mol. The zero-order valence-electron chi connectivity index (χ0n) is 15.9. The predicted molar refractivity (Wildman–Crippen MR) is 107 cm³/mol. The van der Waals surface area contributed by atoms with Gasteiger partial charge in [0.15, 0.2) is 5.82 Å². The Morgan fingerprint density at radius 1 is 1.35 bits per heavy atom. The van der Waals surface area contributed by atoms with Gasteiger partial charge in [-0.15, -0.1) is 12.4 Å². The number of aromatic nitrogens is 3. The molecule has 0 saturated heterocycles. The highest BCUT2D eigenvalue weighted by Crippen LogP contribution is 2.19. The van der Waals surface area contributed by atoms with Gasteiger partial charge in [-0.05, 0) is 44.4 Å². The van der Waals surface area contributed by atoms with E-state index < -0.39 is 0 Å². The number of carbonyl (C=O) groups excluding carboxylic acids is 1. The van der Waals surface area contributed by atoms with Crippen LogP contribution in [0.15, 0.2) is 18.2 Å². The van der Waals surface area contributed by atoms with Crippen LogP contribution in [0.4, 0.5) is 0 Å². The predicted octanol–water partition coefficient (Wildman–Crippen LogP) is 3.40. The fourth-order valence-corrected chi connectivity index (χ4v) is 2.71. The summed E-state index contributed by atoms with van der Waals surface area (Å²) < 4.78 is 1.71. The third-order valence-electron chi connectivity index (χ3n) is 4.26. The average Bonchev–Trinajstić information content (AvgIpc) is 2.90. The minimum absolute atomic E-state index is 0. The molecule has 0 spiro atoms. The van der Waals surface area contributed by atoms with Crippen molar-refractivity contribution < 1.29 is 4.79 Å². The van der Waals surface area contributed by atoms with Gasteiger partial charge in [-0.1, -0.05) is 25.4 Å². The van der Waals surface area contributed by atoms with E-state index in [1.54, 1.807) is 28.8 Å². The number of hydrogen-bond donors (Lipinski definition) is 1. The summed E-state index contributed by atoms with van der Waals surface area (Å²) in [4.78, 5) is 18.8. The molecule has 0 aliphatic heterocycles. The van der Waals surface area contributed by atoms with Crippen LogP contribution in [0, 0.1) is 19.8 Å². The Morgan fingerprint density at radius 2 is 2.00 bits per heavy atom. The van der Waals surface area contributed by atoms with Crippen LogP contribution in [0.1, 0.15) is 42.1 Å². The molecule has 0 fully saturated rings. The van der Waals surface area contributed by atoms with Crippen LogP contribution in [0.25, 0.3) is 5.82 Å². The molecule has 0 aliphatic carbocycles. The van der Waals surface area contributed by atoms with E-state index in [2.05, 4.69) is 23.9 Å².